The molecule has 0 spiro atoms. The predicted molar refractivity (Wildman–Crippen MR) is 119 cm³/mol. The Morgan fingerprint density at radius 3 is 1.29 bits per heavy atom. The zero-order valence-electron chi connectivity index (χ0n) is 14.8. The molecule has 0 unspecified atom stereocenters. The third-order valence-electron chi connectivity index (χ3n) is 3.55. The van der Waals surface area contributed by atoms with Gasteiger partial charge in [-0.1, -0.05) is 24.4 Å². The standard InChI is InChI=1S/C18H20N6O2S2/c19-15(27)11-1-5-13(6-2-11)23-17(25)21-9-10-22-18(26)24-14-7-3-12(4-8-14)16(20)28/h1-8H,9-10H2,(H2,19,27)(H2,20,28)(H2,21,23,25)(H2,22,24,26). The first-order valence-corrected chi connectivity index (χ1v) is 9.06. The summed E-state index contributed by atoms with van der Waals surface area (Å²) in [5.74, 6) is 0. The quantitative estimate of drug-likeness (QED) is 0.302. The highest BCUT2D eigenvalue weighted by atomic mass is 32.1. The minimum absolute atomic E-state index is 0.255. The molecule has 8 nitrogen and oxygen atoms in total. The number of nitrogens with two attached hydrogens (primary N) is 2. The van der Waals surface area contributed by atoms with Crippen LogP contribution in [0.2, 0.25) is 0 Å². The molecule has 0 aromatic heterocycles. The van der Waals surface area contributed by atoms with E-state index in [1.165, 1.54) is 0 Å². The Kier molecular flexibility index (Phi) is 7.66. The Labute approximate surface area is 173 Å². The summed E-state index contributed by atoms with van der Waals surface area (Å²) in [7, 11) is 0. The van der Waals surface area contributed by atoms with E-state index in [0.29, 0.717) is 21.4 Å². The monoisotopic (exact) mass is 416 g/mol. The highest BCUT2D eigenvalue weighted by Crippen LogP contribution is 2.10. The Morgan fingerprint density at radius 1 is 0.679 bits per heavy atom. The summed E-state index contributed by atoms with van der Waals surface area (Å²) in [6, 6.07) is 12.9. The van der Waals surface area contributed by atoms with E-state index in [0.717, 1.165) is 11.1 Å². The Morgan fingerprint density at radius 2 is 1.00 bits per heavy atom. The average molecular weight is 417 g/mol. The Hall–Kier alpha value is -3.24. The molecule has 0 radical (unpaired) electrons. The van der Waals surface area contributed by atoms with Crippen LogP contribution in [0.25, 0.3) is 0 Å². The van der Waals surface area contributed by atoms with Gasteiger partial charge in [0.15, 0.2) is 0 Å². The van der Waals surface area contributed by atoms with Gasteiger partial charge in [-0.2, -0.15) is 0 Å². The first kappa shape index (κ1) is 21.1. The number of benzene rings is 2. The van der Waals surface area contributed by atoms with Crippen LogP contribution in [0.5, 0.6) is 0 Å². The van der Waals surface area contributed by atoms with Crippen molar-refractivity contribution in [1.82, 2.24) is 10.6 Å². The van der Waals surface area contributed by atoms with E-state index in [4.69, 9.17) is 35.9 Å². The fourth-order valence-electron chi connectivity index (χ4n) is 2.14. The fourth-order valence-corrected chi connectivity index (χ4v) is 2.41. The van der Waals surface area contributed by atoms with Gasteiger partial charge in [-0.25, -0.2) is 9.59 Å². The maximum atomic E-state index is 11.8. The molecule has 0 aliphatic rings. The number of anilines is 2. The maximum absolute atomic E-state index is 11.8. The highest BCUT2D eigenvalue weighted by molar-refractivity contribution is 7.80. The van der Waals surface area contributed by atoms with Gasteiger partial charge in [-0.05, 0) is 48.5 Å². The molecule has 8 N–H and O–H groups in total. The van der Waals surface area contributed by atoms with E-state index in [1.807, 2.05) is 0 Å². The number of carbonyl (C=O) groups is 2. The van der Waals surface area contributed by atoms with Gasteiger partial charge in [-0.15, -0.1) is 0 Å². The van der Waals surface area contributed by atoms with Gasteiger partial charge < -0.3 is 32.7 Å². The van der Waals surface area contributed by atoms with Crippen LogP contribution in [0, 0.1) is 0 Å². The normalized spacial score (nSPS) is 9.86. The minimum atomic E-state index is -0.390. The summed E-state index contributed by atoms with van der Waals surface area (Å²) in [6.45, 7) is 0.509. The fraction of sp³-hybridized carbons (Fsp3) is 0.111. The SMILES string of the molecule is NC(=S)c1ccc(NC(=O)NCCNC(=O)Nc2ccc(C(N)=S)cc2)cc1. The van der Waals surface area contributed by atoms with Crippen molar-refractivity contribution >= 4 is 57.8 Å². The third-order valence-corrected chi connectivity index (χ3v) is 4.02. The molecule has 0 bridgehead atoms. The molecular weight excluding hydrogens is 396 g/mol. The number of hydrogen-bond donors (Lipinski definition) is 6. The average Bonchev–Trinajstić information content (AvgIpc) is 2.66. The van der Waals surface area contributed by atoms with Gasteiger partial charge in [0.2, 0.25) is 0 Å². The lowest BCUT2D eigenvalue weighted by molar-refractivity contribution is 0.248. The molecule has 4 amide bonds. The number of amides is 4. The van der Waals surface area contributed by atoms with Crippen LogP contribution < -0.4 is 32.7 Å². The molecule has 0 atom stereocenters. The van der Waals surface area contributed by atoms with Crippen LogP contribution in [0.15, 0.2) is 48.5 Å². The molecule has 2 aromatic rings. The van der Waals surface area contributed by atoms with Crippen molar-refractivity contribution in [2.45, 2.75) is 0 Å². The van der Waals surface area contributed by atoms with Gasteiger partial charge in [0.05, 0.1) is 0 Å². The molecule has 2 aromatic carbocycles. The smallest absolute Gasteiger partial charge is 0.319 e. The summed E-state index contributed by atoms with van der Waals surface area (Å²) >= 11 is 9.74. The van der Waals surface area contributed by atoms with Crippen molar-refractivity contribution in [3.05, 3.63) is 59.7 Å². The molecular formula is C18H20N6O2S2. The summed E-state index contributed by atoms with van der Waals surface area (Å²) in [5.41, 5.74) is 13.7. The van der Waals surface area contributed by atoms with E-state index < -0.39 is 12.1 Å². The molecule has 0 aliphatic carbocycles. The molecule has 0 heterocycles. The minimum Gasteiger partial charge on any atom is -0.389 e. The van der Waals surface area contributed by atoms with Crippen molar-refractivity contribution in [2.24, 2.45) is 11.5 Å². The van der Waals surface area contributed by atoms with Crippen LogP contribution in [-0.4, -0.2) is 35.1 Å². The van der Waals surface area contributed by atoms with Gasteiger partial charge in [0.1, 0.15) is 9.98 Å². The van der Waals surface area contributed by atoms with Crippen molar-refractivity contribution in [1.29, 1.82) is 0 Å². The summed E-state index contributed by atoms with van der Waals surface area (Å²) < 4.78 is 0. The van der Waals surface area contributed by atoms with Gasteiger partial charge >= 0.3 is 12.1 Å². The predicted octanol–water partition coefficient (Wildman–Crippen LogP) is 1.90. The van der Waals surface area contributed by atoms with Gasteiger partial charge in [0, 0.05) is 35.6 Å². The second-order valence-corrected chi connectivity index (χ2v) is 6.52. The molecule has 0 saturated heterocycles. The Bertz CT molecular complexity index is 795. The van der Waals surface area contributed by atoms with E-state index in [2.05, 4.69) is 21.3 Å². The third kappa shape index (κ3) is 6.82. The molecule has 146 valence electrons. The molecule has 0 fully saturated rings. The summed E-state index contributed by atoms with van der Waals surface area (Å²) in [6.07, 6.45) is 0. The van der Waals surface area contributed by atoms with Crippen LogP contribution in [0.4, 0.5) is 21.0 Å². The lowest BCUT2D eigenvalue weighted by Gasteiger charge is -2.10. The molecule has 2 rings (SSSR count). The second kappa shape index (κ2) is 10.2. The number of rotatable bonds is 7. The lowest BCUT2D eigenvalue weighted by atomic mass is 10.2. The number of carbonyl (C=O) groups excluding carboxylic acids is 2. The van der Waals surface area contributed by atoms with Crippen LogP contribution >= 0.6 is 24.4 Å². The van der Waals surface area contributed by atoms with E-state index in [9.17, 15) is 9.59 Å². The van der Waals surface area contributed by atoms with Crippen molar-refractivity contribution in [3.63, 3.8) is 0 Å². The highest BCUT2D eigenvalue weighted by Gasteiger charge is 2.04. The van der Waals surface area contributed by atoms with Gasteiger partial charge in [0.25, 0.3) is 0 Å². The summed E-state index contributed by atoms with van der Waals surface area (Å²) in [4.78, 5) is 24.2. The second-order valence-electron chi connectivity index (χ2n) is 5.65. The topological polar surface area (TPSA) is 134 Å². The van der Waals surface area contributed by atoms with Crippen molar-refractivity contribution < 1.29 is 9.59 Å². The molecule has 0 saturated carbocycles. The first-order valence-electron chi connectivity index (χ1n) is 8.24. The zero-order valence-corrected chi connectivity index (χ0v) is 16.5. The summed E-state index contributed by atoms with van der Waals surface area (Å²) in [5, 5.41) is 10.6. The number of hydrogen-bond acceptors (Lipinski definition) is 4. The molecule has 28 heavy (non-hydrogen) atoms. The maximum Gasteiger partial charge on any atom is 0.319 e. The van der Waals surface area contributed by atoms with Crippen molar-refractivity contribution in [2.75, 3.05) is 23.7 Å². The first-order chi connectivity index (χ1) is 13.3. The largest absolute Gasteiger partial charge is 0.389 e. The Balaban J connectivity index is 1.67. The van der Waals surface area contributed by atoms with Crippen LogP contribution in [0.3, 0.4) is 0 Å². The van der Waals surface area contributed by atoms with Gasteiger partial charge in [-0.3, -0.25) is 0 Å². The van der Waals surface area contributed by atoms with Crippen LogP contribution in [0.1, 0.15) is 11.1 Å². The number of thiocarbonyl (C=S) groups is 2. The molecule has 10 heteroatoms. The van der Waals surface area contributed by atoms with E-state index in [1.54, 1.807) is 48.5 Å². The molecule has 0 aliphatic heterocycles. The van der Waals surface area contributed by atoms with E-state index in [-0.39, 0.29) is 13.1 Å². The lowest BCUT2D eigenvalue weighted by Crippen LogP contribution is -2.38. The zero-order chi connectivity index (χ0) is 20.5. The van der Waals surface area contributed by atoms with E-state index >= 15 is 0 Å². The number of urea groups is 2. The van der Waals surface area contributed by atoms with Crippen LogP contribution in [-0.2, 0) is 0 Å². The van der Waals surface area contributed by atoms with Crippen molar-refractivity contribution in [3.8, 4) is 0 Å². The number of nitrogens with one attached hydrogen (secondary N) is 4.